The minimum Gasteiger partial charge on any atom is -0.472 e. The number of hydrogen-bond donors (Lipinski definition) is 1. The van der Waals surface area contributed by atoms with Gasteiger partial charge in [-0.15, -0.1) is 12.4 Å². The highest BCUT2D eigenvalue weighted by molar-refractivity contribution is 6.31. The van der Waals surface area contributed by atoms with E-state index in [-0.39, 0.29) is 18.4 Å². The van der Waals surface area contributed by atoms with Crippen LogP contribution >= 0.6 is 24.0 Å². The molecule has 0 amide bonds. The SMILES string of the molecule is Cl.Clc1ccccc1C1CNCCN1Cc1nc(-c2ccoc2)no1. The number of nitrogens with one attached hydrogen (secondary N) is 1. The van der Waals surface area contributed by atoms with Crippen molar-refractivity contribution >= 4 is 24.0 Å². The average Bonchev–Trinajstić information content (AvgIpc) is 3.27. The molecule has 0 spiro atoms. The molecule has 1 saturated heterocycles. The van der Waals surface area contributed by atoms with E-state index < -0.39 is 0 Å². The Kier molecular flexibility index (Phi) is 5.75. The lowest BCUT2D eigenvalue weighted by Gasteiger charge is -2.35. The molecule has 0 aliphatic carbocycles. The van der Waals surface area contributed by atoms with Crippen LogP contribution in [0.4, 0.5) is 0 Å². The quantitative estimate of drug-likeness (QED) is 0.746. The van der Waals surface area contributed by atoms with E-state index in [2.05, 4.69) is 26.4 Å². The van der Waals surface area contributed by atoms with Gasteiger partial charge in [-0.3, -0.25) is 4.90 Å². The number of nitrogens with zero attached hydrogens (tertiary/aromatic N) is 3. The zero-order valence-electron chi connectivity index (χ0n) is 13.4. The fourth-order valence-corrected chi connectivity index (χ4v) is 3.25. The molecule has 0 radical (unpaired) electrons. The first-order chi connectivity index (χ1) is 11.8. The van der Waals surface area contributed by atoms with Gasteiger partial charge in [0.05, 0.1) is 18.4 Å². The molecular formula is C17H18Cl2N4O2. The third-order valence-corrected chi connectivity index (χ3v) is 4.55. The van der Waals surface area contributed by atoms with Crippen LogP contribution < -0.4 is 5.32 Å². The van der Waals surface area contributed by atoms with Crippen molar-refractivity contribution in [2.45, 2.75) is 12.6 Å². The van der Waals surface area contributed by atoms with Gasteiger partial charge in [0.15, 0.2) is 0 Å². The topological polar surface area (TPSA) is 67.3 Å². The van der Waals surface area contributed by atoms with Crippen LogP contribution in [-0.2, 0) is 6.54 Å². The summed E-state index contributed by atoms with van der Waals surface area (Å²) < 4.78 is 10.5. The van der Waals surface area contributed by atoms with Crippen molar-refractivity contribution in [2.24, 2.45) is 0 Å². The fraction of sp³-hybridized carbons (Fsp3) is 0.294. The smallest absolute Gasteiger partial charge is 0.241 e. The Morgan fingerprint density at radius 1 is 1.28 bits per heavy atom. The van der Waals surface area contributed by atoms with Crippen LogP contribution in [0.15, 0.2) is 51.8 Å². The second-order valence-corrected chi connectivity index (χ2v) is 6.14. The number of benzene rings is 1. The van der Waals surface area contributed by atoms with Crippen LogP contribution in [0.3, 0.4) is 0 Å². The summed E-state index contributed by atoms with van der Waals surface area (Å²) in [5.74, 6) is 1.13. The number of piperazine rings is 1. The van der Waals surface area contributed by atoms with Gasteiger partial charge in [0, 0.05) is 30.7 Å². The molecule has 0 bridgehead atoms. The van der Waals surface area contributed by atoms with E-state index in [1.807, 2.05) is 24.3 Å². The summed E-state index contributed by atoms with van der Waals surface area (Å²) in [5, 5.41) is 8.23. The molecule has 0 saturated carbocycles. The number of aromatic nitrogens is 2. The Morgan fingerprint density at radius 3 is 2.96 bits per heavy atom. The van der Waals surface area contributed by atoms with Crippen molar-refractivity contribution < 1.29 is 8.94 Å². The summed E-state index contributed by atoms with van der Waals surface area (Å²) in [4.78, 5) is 6.77. The van der Waals surface area contributed by atoms with E-state index in [4.69, 9.17) is 20.5 Å². The molecule has 2 aromatic heterocycles. The first-order valence-corrected chi connectivity index (χ1v) is 8.23. The van der Waals surface area contributed by atoms with Crippen molar-refractivity contribution in [3.8, 4) is 11.4 Å². The van der Waals surface area contributed by atoms with Crippen molar-refractivity contribution in [1.82, 2.24) is 20.4 Å². The maximum absolute atomic E-state index is 6.38. The maximum atomic E-state index is 6.38. The highest BCUT2D eigenvalue weighted by Gasteiger charge is 2.27. The molecule has 8 heteroatoms. The molecular weight excluding hydrogens is 363 g/mol. The molecule has 6 nitrogen and oxygen atoms in total. The highest BCUT2D eigenvalue weighted by Crippen LogP contribution is 2.29. The predicted molar refractivity (Wildman–Crippen MR) is 96.7 cm³/mol. The second-order valence-electron chi connectivity index (χ2n) is 5.74. The predicted octanol–water partition coefficient (Wildman–Crippen LogP) is 3.55. The lowest BCUT2D eigenvalue weighted by atomic mass is 10.0. The molecule has 1 fully saturated rings. The summed E-state index contributed by atoms with van der Waals surface area (Å²) in [5.41, 5.74) is 1.92. The van der Waals surface area contributed by atoms with Gasteiger partial charge in [-0.2, -0.15) is 4.98 Å². The van der Waals surface area contributed by atoms with Crippen molar-refractivity contribution in [1.29, 1.82) is 0 Å². The molecule has 1 aliphatic heterocycles. The molecule has 1 atom stereocenters. The van der Waals surface area contributed by atoms with E-state index in [9.17, 15) is 0 Å². The highest BCUT2D eigenvalue weighted by atomic mass is 35.5. The molecule has 1 unspecified atom stereocenters. The molecule has 1 aliphatic rings. The number of hydrogen-bond acceptors (Lipinski definition) is 6. The Bertz CT molecular complexity index is 807. The van der Waals surface area contributed by atoms with Gasteiger partial charge >= 0.3 is 0 Å². The first kappa shape index (κ1) is 17.9. The normalized spacial score (nSPS) is 18.0. The Hall–Kier alpha value is -1.86. The van der Waals surface area contributed by atoms with Gasteiger partial charge < -0.3 is 14.3 Å². The summed E-state index contributed by atoms with van der Waals surface area (Å²) in [6.45, 7) is 3.23. The van der Waals surface area contributed by atoms with E-state index in [1.165, 1.54) is 0 Å². The molecule has 25 heavy (non-hydrogen) atoms. The molecule has 3 aromatic rings. The minimum atomic E-state index is 0. The van der Waals surface area contributed by atoms with Crippen LogP contribution in [0.25, 0.3) is 11.4 Å². The molecule has 1 aromatic carbocycles. The summed E-state index contributed by atoms with van der Waals surface area (Å²) in [6.07, 6.45) is 3.20. The summed E-state index contributed by atoms with van der Waals surface area (Å²) in [6, 6.07) is 9.94. The largest absolute Gasteiger partial charge is 0.472 e. The van der Waals surface area contributed by atoms with Gasteiger partial charge in [0.2, 0.25) is 11.7 Å². The standard InChI is InChI=1S/C17H17ClN4O2.ClH/c18-14-4-2-1-3-13(14)15-9-19-6-7-22(15)10-16-20-17(21-24-16)12-5-8-23-11-12;/h1-5,8,11,15,19H,6-7,9-10H2;1H. The Labute approximate surface area is 156 Å². The van der Waals surface area contributed by atoms with E-state index in [1.54, 1.807) is 12.5 Å². The zero-order valence-corrected chi connectivity index (χ0v) is 15.0. The molecule has 4 rings (SSSR count). The third-order valence-electron chi connectivity index (χ3n) is 4.20. The lowest BCUT2D eigenvalue weighted by molar-refractivity contribution is 0.136. The van der Waals surface area contributed by atoms with Gasteiger partial charge in [-0.25, -0.2) is 0 Å². The van der Waals surface area contributed by atoms with Crippen LogP contribution in [0.5, 0.6) is 0 Å². The summed E-state index contributed by atoms with van der Waals surface area (Å²) >= 11 is 6.38. The van der Waals surface area contributed by atoms with Gasteiger partial charge in [0.1, 0.15) is 6.26 Å². The number of rotatable bonds is 4. The molecule has 1 N–H and O–H groups in total. The number of furan rings is 1. The van der Waals surface area contributed by atoms with Crippen LogP contribution in [0.1, 0.15) is 17.5 Å². The van der Waals surface area contributed by atoms with E-state index >= 15 is 0 Å². The van der Waals surface area contributed by atoms with Crippen LogP contribution in [-0.4, -0.2) is 34.7 Å². The molecule has 3 heterocycles. The van der Waals surface area contributed by atoms with Crippen LogP contribution in [0, 0.1) is 0 Å². The van der Waals surface area contributed by atoms with Crippen molar-refractivity contribution in [3.63, 3.8) is 0 Å². The van der Waals surface area contributed by atoms with Gasteiger partial charge in [-0.1, -0.05) is 35.0 Å². The zero-order chi connectivity index (χ0) is 16.4. The Balaban J connectivity index is 0.00000182. The van der Waals surface area contributed by atoms with Crippen molar-refractivity contribution in [3.05, 3.63) is 59.3 Å². The van der Waals surface area contributed by atoms with Crippen LogP contribution in [0.2, 0.25) is 5.02 Å². The van der Waals surface area contributed by atoms with Crippen molar-refractivity contribution in [2.75, 3.05) is 19.6 Å². The van der Waals surface area contributed by atoms with E-state index in [0.717, 1.165) is 35.8 Å². The maximum Gasteiger partial charge on any atom is 0.241 e. The third kappa shape index (κ3) is 3.88. The first-order valence-electron chi connectivity index (χ1n) is 7.85. The number of halogens is 2. The van der Waals surface area contributed by atoms with Gasteiger partial charge in [-0.05, 0) is 17.7 Å². The monoisotopic (exact) mass is 380 g/mol. The lowest BCUT2D eigenvalue weighted by Crippen LogP contribution is -2.45. The average molecular weight is 381 g/mol. The van der Waals surface area contributed by atoms with E-state index in [0.29, 0.717) is 18.3 Å². The summed E-state index contributed by atoms with van der Waals surface area (Å²) in [7, 11) is 0. The Morgan fingerprint density at radius 2 is 2.16 bits per heavy atom. The second kappa shape index (κ2) is 8.01. The minimum absolute atomic E-state index is 0. The van der Waals surface area contributed by atoms with Gasteiger partial charge in [0.25, 0.3) is 0 Å². The fourth-order valence-electron chi connectivity index (χ4n) is 2.99. The molecule has 132 valence electrons.